The first-order chi connectivity index (χ1) is 14.3. The van der Waals surface area contributed by atoms with E-state index in [1.165, 1.54) is 22.0 Å². The van der Waals surface area contributed by atoms with E-state index in [4.69, 9.17) is 10.6 Å². The monoisotopic (exact) mass is 489 g/mol. The number of carbonyl (C=O) groups excluding carboxylic acids is 1. The number of nitrogens with one attached hydrogen (secondary N) is 1. The van der Waals surface area contributed by atoms with Crippen LogP contribution in [0.4, 0.5) is 5.69 Å². The molecule has 0 saturated heterocycles. The van der Waals surface area contributed by atoms with Gasteiger partial charge in [0.05, 0.1) is 11.4 Å². The van der Waals surface area contributed by atoms with Crippen molar-refractivity contribution in [2.75, 3.05) is 16.9 Å². The summed E-state index contributed by atoms with van der Waals surface area (Å²) in [4.78, 5) is 12.3. The SMILES string of the molecule is Cc1ccc(NC(=O)CSc2nnc(COc3ccc(C(C)C)cc3)n2N)c(Br)c1. The van der Waals surface area contributed by atoms with Crippen LogP contribution in [0, 0.1) is 6.92 Å². The fourth-order valence-electron chi connectivity index (χ4n) is 2.64. The van der Waals surface area contributed by atoms with Gasteiger partial charge in [0, 0.05) is 4.47 Å². The summed E-state index contributed by atoms with van der Waals surface area (Å²) in [6, 6.07) is 13.7. The summed E-state index contributed by atoms with van der Waals surface area (Å²) in [5.74, 6) is 7.75. The summed E-state index contributed by atoms with van der Waals surface area (Å²) >= 11 is 4.66. The number of anilines is 1. The van der Waals surface area contributed by atoms with E-state index >= 15 is 0 Å². The molecular weight excluding hydrogens is 466 g/mol. The number of carbonyl (C=O) groups is 1. The van der Waals surface area contributed by atoms with E-state index in [0.717, 1.165) is 21.5 Å². The predicted octanol–water partition coefficient (Wildman–Crippen LogP) is 4.50. The van der Waals surface area contributed by atoms with Crippen molar-refractivity contribution >= 4 is 39.3 Å². The fourth-order valence-corrected chi connectivity index (χ4v) is 3.91. The van der Waals surface area contributed by atoms with E-state index in [0.29, 0.717) is 16.9 Å². The van der Waals surface area contributed by atoms with Gasteiger partial charge in [-0.3, -0.25) is 4.79 Å². The third-order valence-corrected chi connectivity index (χ3v) is 5.98. The van der Waals surface area contributed by atoms with E-state index in [1.807, 2.05) is 49.4 Å². The zero-order chi connectivity index (χ0) is 21.7. The smallest absolute Gasteiger partial charge is 0.234 e. The van der Waals surface area contributed by atoms with E-state index in [-0.39, 0.29) is 18.3 Å². The second-order valence-electron chi connectivity index (χ2n) is 7.10. The Morgan fingerprint density at radius 2 is 1.97 bits per heavy atom. The summed E-state index contributed by atoms with van der Waals surface area (Å²) in [5.41, 5.74) is 3.08. The van der Waals surface area contributed by atoms with Gasteiger partial charge in [0.15, 0.2) is 5.82 Å². The van der Waals surface area contributed by atoms with Crippen LogP contribution in [0.5, 0.6) is 5.75 Å². The standard InChI is InChI=1S/C21H24BrN5O2S/c1-13(2)15-5-7-16(8-6-15)29-11-19-25-26-21(27(19)23)30-12-20(28)24-18-9-4-14(3)10-17(18)22/h4-10,13H,11-12,23H2,1-3H3,(H,24,28). The lowest BCUT2D eigenvalue weighted by molar-refractivity contribution is -0.113. The summed E-state index contributed by atoms with van der Waals surface area (Å²) < 4.78 is 7.94. The number of halogens is 1. The van der Waals surface area contributed by atoms with Gasteiger partial charge in [0.1, 0.15) is 12.4 Å². The van der Waals surface area contributed by atoms with Crippen molar-refractivity contribution < 1.29 is 9.53 Å². The Labute approximate surface area is 188 Å². The summed E-state index contributed by atoms with van der Waals surface area (Å²) in [6.45, 7) is 6.47. The van der Waals surface area contributed by atoms with Crippen LogP contribution in [0.3, 0.4) is 0 Å². The van der Waals surface area contributed by atoms with Gasteiger partial charge in [-0.15, -0.1) is 10.2 Å². The topological polar surface area (TPSA) is 95.1 Å². The Hall–Kier alpha value is -2.52. The number of hydrogen-bond acceptors (Lipinski definition) is 6. The number of benzene rings is 2. The number of ether oxygens (including phenoxy) is 1. The van der Waals surface area contributed by atoms with Gasteiger partial charge in [-0.2, -0.15) is 0 Å². The van der Waals surface area contributed by atoms with Gasteiger partial charge in [-0.25, -0.2) is 4.68 Å². The maximum atomic E-state index is 12.3. The quantitative estimate of drug-likeness (QED) is 0.357. The lowest BCUT2D eigenvalue weighted by Crippen LogP contribution is -2.18. The number of nitrogens with zero attached hydrogens (tertiary/aromatic N) is 3. The molecule has 3 aromatic rings. The Balaban J connectivity index is 1.52. The number of nitrogens with two attached hydrogens (primary N) is 1. The van der Waals surface area contributed by atoms with Crippen molar-refractivity contribution in [3.05, 3.63) is 63.9 Å². The van der Waals surface area contributed by atoms with E-state index in [9.17, 15) is 4.79 Å². The molecule has 1 aromatic heterocycles. The van der Waals surface area contributed by atoms with Gasteiger partial charge in [0.25, 0.3) is 0 Å². The van der Waals surface area contributed by atoms with Gasteiger partial charge in [0.2, 0.25) is 11.1 Å². The molecule has 0 aliphatic heterocycles. The number of nitrogen functional groups attached to an aromatic ring is 1. The highest BCUT2D eigenvalue weighted by atomic mass is 79.9. The van der Waals surface area contributed by atoms with E-state index < -0.39 is 0 Å². The highest BCUT2D eigenvalue weighted by molar-refractivity contribution is 9.10. The highest BCUT2D eigenvalue weighted by Gasteiger charge is 2.14. The average Bonchev–Trinajstić information content (AvgIpc) is 3.07. The molecule has 30 heavy (non-hydrogen) atoms. The Morgan fingerprint density at radius 3 is 2.63 bits per heavy atom. The molecule has 2 aromatic carbocycles. The molecule has 0 fully saturated rings. The van der Waals surface area contributed by atoms with Crippen LogP contribution in [-0.2, 0) is 11.4 Å². The van der Waals surface area contributed by atoms with E-state index in [2.05, 4.69) is 45.3 Å². The fraction of sp³-hybridized carbons (Fsp3) is 0.286. The molecule has 7 nitrogen and oxygen atoms in total. The number of rotatable bonds is 8. The van der Waals surface area contributed by atoms with Gasteiger partial charge in [-0.05, 0) is 64.2 Å². The molecule has 0 bridgehead atoms. The lowest BCUT2D eigenvalue weighted by atomic mass is 10.0. The molecule has 1 heterocycles. The first kappa shape index (κ1) is 22.2. The number of aromatic nitrogens is 3. The zero-order valence-corrected chi connectivity index (χ0v) is 19.5. The van der Waals surface area contributed by atoms with Crippen LogP contribution in [-0.4, -0.2) is 26.5 Å². The maximum absolute atomic E-state index is 12.3. The Bertz CT molecular complexity index is 1020. The third kappa shape index (κ3) is 5.76. The number of aryl methyl sites for hydroxylation is 1. The minimum Gasteiger partial charge on any atom is -0.486 e. The number of thioether (sulfide) groups is 1. The molecule has 1 amide bonds. The second kappa shape index (κ2) is 9.99. The summed E-state index contributed by atoms with van der Waals surface area (Å²) in [7, 11) is 0. The average molecular weight is 490 g/mol. The van der Waals surface area contributed by atoms with Crippen LogP contribution in [0.25, 0.3) is 0 Å². The maximum Gasteiger partial charge on any atom is 0.234 e. The summed E-state index contributed by atoms with van der Waals surface area (Å²) in [6.07, 6.45) is 0. The van der Waals surface area contributed by atoms with Gasteiger partial charge >= 0.3 is 0 Å². The number of hydrogen-bond donors (Lipinski definition) is 2. The van der Waals surface area contributed by atoms with Crippen LogP contribution in [0.1, 0.15) is 36.7 Å². The van der Waals surface area contributed by atoms with E-state index in [1.54, 1.807) is 0 Å². The van der Waals surface area contributed by atoms with Crippen molar-refractivity contribution in [2.45, 2.75) is 38.5 Å². The van der Waals surface area contributed by atoms with Crippen molar-refractivity contribution in [3.8, 4) is 5.75 Å². The molecule has 0 radical (unpaired) electrons. The molecule has 3 N–H and O–H groups in total. The van der Waals surface area contributed by atoms with Crippen molar-refractivity contribution in [3.63, 3.8) is 0 Å². The summed E-state index contributed by atoms with van der Waals surface area (Å²) in [5, 5.41) is 11.4. The van der Waals surface area contributed by atoms with Crippen molar-refractivity contribution in [2.24, 2.45) is 0 Å². The molecule has 0 aliphatic carbocycles. The Morgan fingerprint density at radius 1 is 1.23 bits per heavy atom. The molecule has 0 saturated carbocycles. The molecule has 0 atom stereocenters. The molecule has 0 spiro atoms. The lowest BCUT2D eigenvalue weighted by Gasteiger charge is -2.09. The predicted molar refractivity (Wildman–Crippen MR) is 123 cm³/mol. The minimum atomic E-state index is -0.157. The molecule has 9 heteroatoms. The van der Waals surface area contributed by atoms with Gasteiger partial charge < -0.3 is 15.9 Å². The molecular formula is C21H24BrN5O2S. The number of amides is 1. The molecule has 0 unspecified atom stereocenters. The highest BCUT2D eigenvalue weighted by Crippen LogP contribution is 2.24. The van der Waals surface area contributed by atoms with Crippen LogP contribution in [0.2, 0.25) is 0 Å². The Kier molecular flexibility index (Phi) is 7.38. The largest absolute Gasteiger partial charge is 0.486 e. The van der Waals surface area contributed by atoms with Crippen LogP contribution in [0.15, 0.2) is 52.1 Å². The first-order valence-electron chi connectivity index (χ1n) is 9.44. The first-order valence-corrected chi connectivity index (χ1v) is 11.2. The van der Waals surface area contributed by atoms with Crippen molar-refractivity contribution in [1.82, 2.24) is 14.9 Å². The van der Waals surface area contributed by atoms with Crippen LogP contribution < -0.4 is 15.9 Å². The van der Waals surface area contributed by atoms with Crippen LogP contribution >= 0.6 is 27.7 Å². The second-order valence-corrected chi connectivity index (χ2v) is 8.90. The zero-order valence-electron chi connectivity index (χ0n) is 17.1. The molecule has 3 rings (SSSR count). The minimum absolute atomic E-state index is 0.157. The normalized spacial score (nSPS) is 11.0. The van der Waals surface area contributed by atoms with Crippen molar-refractivity contribution in [1.29, 1.82) is 0 Å². The molecule has 158 valence electrons. The third-order valence-electron chi connectivity index (χ3n) is 4.38. The van der Waals surface area contributed by atoms with Gasteiger partial charge in [-0.1, -0.05) is 43.8 Å². The molecule has 0 aliphatic rings.